The van der Waals surface area contributed by atoms with E-state index in [4.69, 9.17) is 10.5 Å². The Hall–Kier alpha value is -1.58. The zero-order valence-corrected chi connectivity index (χ0v) is 13.2. The molecule has 0 aromatic heterocycles. The Morgan fingerprint density at radius 3 is 2.71 bits per heavy atom. The second-order valence-corrected chi connectivity index (χ2v) is 6.52. The molecule has 3 rings (SSSR count). The van der Waals surface area contributed by atoms with Crippen molar-refractivity contribution in [1.29, 1.82) is 0 Å². The van der Waals surface area contributed by atoms with Gasteiger partial charge in [-0.15, -0.1) is 0 Å². The van der Waals surface area contributed by atoms with Crippen LogP contribution in [0.3, 0.4) is 0 Å². The molecule has 0 spiro atoms. The predicted molar refractivity (Wildman–Crippen MR) is 82.5 cm³/mol. The molecule has 1 fully saturated rings. The summed E-state index contributed by atoms with van der Waals surface area (Å²) >= 11 is 0. The Morgan fingerprint density at radius 1 is 1.43 bits per heavy atom. The highest BCUT2D eigenvalue weighted by Gasteiger charge is 2.44. The first-order valence-corrected chi connectivity index (χ1v) is 7.76. The zero-order chi connectivity index (χ0) is 15.4. The van der Waals surface area contributed by atoms with Crippen LogP contribution in [0.25, 0.3) is 0 Å². The molecular formula is C17H23FN2O. The lowest BCUT2D eigenvalue weighted by Crippen LogP contribution is -2.15. The van der Waals surface area contributed by atoms with Crippen molar-refractivity contribution in [1.82, 2.24) is 0 Å². The minimum absolute atomic E-state index is 0.219. The third kappa shape index (κ3) is 2.12. The van der Waals surface area contributed by atoms with Gasteiger partial charge in [-0.3, -0.25) is 4.99 Å². The second kappa shape index (κ2) is 4.72. The Balaban J connectivity index is 2.17. The number of amidine groups is 1. The zero-order valence-electron chi connectivity index (χ0n) is 13.2. The molecule has 1 aliphatic heterocycles. The van der Waals surface area contributed by atoms with Crippen molar-refractivity contribution < 1.29 is 9.13 Å². The molecule has 1 aromatic rings. The van der Waals surface area contributed by atoms with E-state index in [1.807, 2.05) is 26.8 Å². The molecule has 2 N–H and O–H groups in total. The van der Waals surface area contributed by atoms with E-state index in [0.717, 1.165) is 18.4 Å². The largest absolute Gasteiger partial charge is 0.493 e. The summed E-state index contributed by atoms with van der Waals surface area (Å²) in [6.07, 6.45) is 2.11. The summed E-state index contributed by atoms with van der Waals surface area (Å²) in [7, 11) is 0. The first-order chi connectivity index (χ1) is 9.90. The van der Waals surface area contributed by atoms with Gasteiger partial charge in [0.1, 0.15) is 17.4 Å². The molecule has 21 heavy (non-hydrogen) atoms. The van der Waals surface area contributed by atoms with Crippen molar-refractivity contribution in [2.75, 3.05) is 6.61 Å². The summed E-state index contributed by atoms with van der Waals surface area (Å²) in [5.41, 5.74) is 7.51. The van der Waals surface area contributed by atoms with Crippen LogP contribution in [0.2, 0.25) is 0 Å². The maximum Gasteiger partial charge on any atom is 0.141 e. The van der Waals surface area contributed by atoms with Crippen LogP contribution in [0.4, 0.5) is 4.39 Å². The van der Waals surface area contributed by atoms with Gasteiger partial charge < -0.3 is 10.5 Å². The molecule has 1 heterocycles. The fourth-order valence-corrected chi connectivity index (χ4v) is 3.47. The van der Waals surface area contributed by atoms with E-state index in [1.165, 1.54) is 0 Å². The highest BCUT2D eigenvalue weighted by molar-refractivity contribution is 6.02. The molecule has 2 aliphatic rings. The Bertz CT molecular complexity index is 622. The van der Waals surface area contributed by atoms with E-state index < -0.39 is 5.54 Å². The molecule has 1 aliphatic carbocycles. The van der Waals surface area contributed by atoms with Gasteiger partial charge in [0, 0.05) is 5.56 Å². The van der Waals surface area contributed by atoms with Gasteiger partial charge in [-0.2, -0.15) is 0 Å². The molecular weight excluding hydrogens is 267 g/mol. The molecule has 1 aromatic carbocycles. The van der Waals surface area contributed by atoms with Gasteiger partial charge in [-0.25, -0.2) is 4.39 Å². The molecule has 2 unspecified atom stereocenters. The SMILES string of the molecule is CCOc1cc2c(c(F)c1C1CC1CC)C(N)=NC2(C)C. The topological polar surface area (TPSA) is 47.6 Å². The van der Waals surface area contributed by atoms with E-state index in [-0.39, 0.29) is 11.7 Å². The molecule has 0 saturated heterocycles. The van der Waals surface area contributed by atoms with Gasteiger partial charge in [0.25, 0.3) is 0 Å². The number of halogens is 1. The number of ether oxygens (including phenoxy) is 1. The number of hydrogen-bond donors (Lipinski definition) is 1. The monoisotopic (exact) mass is 290 g/mol. The van der Waals surface area contributed by atoms with Gasteiger partial charge in [0.15, 0.2) is 0 Å². The number of benzene rings is 1. The average molecular weight is 290 g/mol. The number of aliphatic imine (C=N–C) groups is 1. The molecule has 0 bridgehead atoms. The lowest BCUT2D eigenvalue weighted by molar-refractivity contribution is 0.332. The van der Waals surface area contributed by atoms with Gasteiger partial charge in [0.05, 0.1) is 17.7 Å². The molecule has 2 atom stereocenters. The van der Waals surface area contributed by atoms with Gasteiger partial charge in [0.2, 0.25) is 0 Å². The third-order valence-corrected chi connectivity index (χ3v) is 4.70. The summed E-state index contributed by atoms with van der Waals surface area (Å²) in [5, 5.41) is 0. The van der Waals surface area contributed by atoms with Crippen LogP contribution in [0.5, 0.6) is 5.75 Å². The van der Waals surface area contributed by atoms with Crippen molar-refractivity contribution in [3.05, 3.63) is 28.6 Å². The Labute approximate surface area is 125 Å². The molecule has 1 saturated carbocycles. The van der Waals surface area contributed by atoms with E-state index in [2.05, 4.69) is 11.9 Å². The predicted octanol–water partition coefficient (Wildman–Crippen LogP) is 3.69. The smallest absolute Gasteiger partial charge is 0.141 e. The molecule has 0 amide bonds. The summed E-state index contributed by atoms with van der Waals surface area (Å²) in [4.78, 5) is 4.41. The minimum Gasteiger partial charge on any atom is -0.493 e. The van der Waals surface area contributed by atoms with E-state index >= 15 is 4.39 Å². The van der Waals surface area contributed by atoms with Gasteiger partial charge in [-0.1, -0.05) is 13.3 Å². The second-order valence-electron chi connectivity index (χ2n) is 6.52. The normalized spacial score (nSPS) is 25.5. The van der Waals surface area contributed by atoms with Crippen LogP contribution < -0.4 is 10.5 Å². The van der Waals surface area contributed by atoms with Crippen LogP contribution in [0.15, 0.2) is 11.1 Å². The quantitative estimate of drug-likeness (QED) is 0.919. The lowest BCUT2D eigenvalue weighted by atomic mass is 9.90. The Kier molecular flexibility index (Phi) is 3.23. The number of nitrogens with two attached hydrogens (primary N) is 1. The first kappa shape index (κ1) is 14.4. The van der Waals surface area contributed by atoms with Crippen molar-refractivity contribution in [2.45, 2.75) is 52.0 Å². The van der Waals surface area contributed by atoms with Crippen LogP contribution in [0.1, 0.15) is 63.1 Å². The fraction of sp³-hybridized carbons (Fsp3) is 0.588. The number of nitrogens with zero attached hydrogens (tertiary/aromatic N) is 1. The van der Waals surface area contributed by atoms with Crippen LogP contribution in [-0.2, 0) is 5.54 Å². The molecule has 0 radical (unpaired) electrons. The van der Waals surface area contributed by atoms with Crippen molar-refractivity contribution in [3.8, 4) is 5.75 Å². The number of rotatable bonds is 4. The summed E-state index contributed by atoms with van der Waals surface area (Å²) in [5.74, 6) is 1.59. The fourth-order valence-electron chi connectivity index (χ4n) is 3.47. The van der Waals surface area contributed by atoms with Crippen LogP contribution >= 0.6 is 0 Å². The van der Waals surface area contributed by atoms with Crippen molar-refractivity contribution in [2.24, 2.45) is 16.6 Å². The number of fused-ring (bicyclic) bond motifs is 1. The van der Waals surface area contributed by atoms with E-state index in [0.29, 0.717) is 35.2 Å². The van der Waals surface area contributed by atoms with Crippen LogP contribution in [0, 0.1) is 11.7 Å². The first-order valence-electron chi connectivity index (χ1n) is 7.76. The molecule has 4 heteroatoms. The Morgan fingerprint density at radius 2 is 2.14 bits per heavy atom. The maximum absolute atomic E-state index is 15.1. The van der Waals surface area contributed by atoms with E-state index in [1.54, 1.807) is 0 Å². The summed E-state index contributed by atoms with van der Waals surface area (Å²) in [6.45, 7) is 8.51. The van der Waals surface area contributed by atoms with Crippen molar-refractivity contribution in [3.63, 3.8) is 0 Å². The standard InChI is InChI=1S/C17H23FN2O/c1-5-9-7-10(9)13-12(21-6-2)8-11-14(15(13)18)16(19)20-17(11,3)4/h8-10H,5-7H2,1-4H3,(H2,19,20). The van der Waals surface area contributed by atoms with Crippen LogP contribution in [-0.4, -0.2) is 12.4 Å². The lowest BCUT2D eigenvalue weighted by Gasteiger charge is -2.20. The third-order valence-electron chi connectivity index (χ3n) is 4.70. The highest BCUT2D eigenvalue weighted by Crippen LogP contribution is 2.54. The van der Waals surface area contributed by atoms with E-state index in [9.17, 15) is 0 Å². The maximum atomic E-state index is 15.1. The summed E-state index contributed by atoms with van der Waals surface area (Å²) in [6, 6.07) is 1.95. The average Bonchev–Trinajstić information content (AvgIpc) is 3.12. The highest BCUT2D eigenvalue weighted by atomic mass is 19.1. The molecule has 114 valence electrons. The summed E-state index contributed by atoms with van der Waals surface area (Å²) < 4.78 is 20.8. The van der Waals surface area contributed by atoms with Crippen molar-refractivity contribution >= 4 is 5.84 Å². The van der Waals surface area contributed by atoms with Gasteiger partial charge in [-0.05, 0) is 50.7 Å². The minimum atomic E-state index is -0.488. The number of hydrogen-bond acceptors (Lipinski definition) is 3. The van der Waals surface area contributed by atoms with Gasteiger partial charge >= 0.3 is 0 Å². The molecule has 3 nitrogen and oxygen atoms in total.